The molecule has 0 fully saturated rings. The monoisotopic (exact) mass is 394 g/mol. The first-order chi connectivity index (χ1) is 14.0. The highest BCUT2D eigenvalue weighted by Crippen LogP contribution is 2.29. The van der Waals surface area contributed by atoms with Crippen LogP contribution >= 0.6 is 0 Å². The number of carbonyl (C=O) groups is 2. The van der Waals surface area contributed by atoms with E-state index in [0.717, 1.165) is 0 Å². The Hall–Kier alpha value is -3.74. The Balaban J connectivity index is 1.74. The number of carbonyl (C=O) groups excluding carboxylic acids is 2. The van der Waals surface area contributed by atoms with Crippen molar-refractivity contribution in [2.45, 2.75) is 20.0 Å². The number of benzene rings is 2. The Morgan fingerprint density at radius 2 is 1.72 bits per heavy atom. The average molecular weight is 394 g/mol. The summed E-state index contributed by atoms with van der Waals surface area (Å²) in [7, 11) is 1.50. The molecule has 0 spiro atoms. The van der Waals surface area contributed by atoms with Gasteiger partial charge in [-0.3, -0.25) is 9.59 Å². The van der Waals surface area contributed by atoms with Crippen molar-refractivity contribution in [3.05, 3.63) is 72.2 Å². The SMILES string of the molecule is COc1ccc(NC(=O)c2ccco2)cc1NC(=O)c1ccc(OC(C)C)cc1. The quantitative estimate of drug-likeness (QED) is 0.612. The van der Waals surface area contributed by atoms with Gasteiger partial charge in [-0.2, -0.15) is 0 Å². The summed E-state index contributed by atoms with van der Waals surface area (Å²) in [5, 5.41) is 5.53. The molecule has 0 saturated carbocycles. The van der Waals surface area contributed by atoms with E-state index in [4.69, 9.17) is 13.9 Å². The van der Waals surface area contributed by atoms with E-state index < -0.39 is 5.91 Å². The number of nitrogens with one attached hydrogen (secondary N) is 2. The molecule has 0 aliphatic rings. The summed E-state index contributed by atoms with van der Waals surface area (Å²) in [4.78, 5) is 24.8. The highest BCUT2D eigenvalue weighted by molar-refractivity contribution is 6.06. The Kier molecular flexibility index (Phi) is 6.19. The van der Waals surface area contributed by atoms with Crippen molar-refractivity contribution in [3.63, 3.8) is 0 Å². The number of furan rings is 1. The Morgan fingerprint density at radius 3 is 2.34 bits per heavy atom. The van der Waals surface area contributed by atoms with E-state index in [9.17, 15) is 9.59 Å². The summed E-state index contributed by atoms with van der Waals surface area (Å²) in [6.45, 7) is 3.87. The van der Waals surface area contributed by atoms with Crippen molar-refractivity contribution >= 4 is 23.2 Å². The first-order valence-corrected chi connectivity index (χ1v) is 9.07. The molecule has 2 N–H and O–H groups in total. The van der Waals surface area contributed by atoms with Crippen molar-refractivity contribution in [2.75, 3.05) is 17.7 Å². The zero-order valence-electron chi connectivity index (χ0n) is 16.4. The number of hydrogen-bond acceptors (Lipinski definition) is 5. The number of ether oxygens (including phenoxy) is 2. The standard InChI is InChI=1S/C22H22N2O5/c1-14(2)29-17-9-6-15(7-10-17)21(25)24-18-13-16(8-11-19(18)27-3)23-22(26)20-5-4-12-28-20/h4-14H,1-3H3,(H,23,26)(H,24,25). The van der Waals surface area contributed by atoms with Crippen LogP contribution in [0.15, 0.2) is 65.3 Å². The van der Waals surface area contributed by atoms with Crippen molar-refractivity contribution in [2.24, 2.45) is 0 Å². The van der Waals surface area contributed by atoms with E-state index in [1.165, 1.54) is 13.4 Å². The number of rotatable bonds is 7. The molecule has 7 heteroatoms. The lowest BCUT2D eigenvalue weighted by molar-refractivity contribution is 0.0995. The van der Waals surface area contributed by atoms with Crippen molar-refractivity contribution in [1.29, 1.82) is 0 Å². The minimum atomic E-state index is -0.391. The molecule has 3 aromatic rings. The summed E-state index contributed by atoms with van der Waals surface area (Å²) in [5.74, 6) is 0.646. The molecule has 0 bridgehead atoms. The molecule has 0 aliphatic heterocycles. The van der Waals surface area contributed by atoms with Gasteiger partial charge in [0, 0.05) is 11.3 Å². The van der Waals surface area contributed by atoms with Gasteiger partial charge in [0.25, 0.3) is 11.8 Å². The van der Waals surface area contributed by atoms with Crippen molar-refractivity contribution in [1.82, 2.24) is 0 Å². The normalized spacial score (nSPS) is 10.5. The molecule has 1 heterocycles. The third-order valence-electron chi connectivity index (χ3n) is 3.94. The van der Waals surface area contributed by atoms with Gasteiger partial charge in [0.05, 0.1) is 25.2 Å². The Morgan fingerprint density at radius 1 is 0.966 bits per heavy atom. The average Bonchev–Trinajstić information content (AvgIpc) is 3.23. The topological polar surface area (TPSA) is 89.8 Å². The zero-order chi connectivity index (χ0) is 20.8. The Labute approximate surface area is 168 Å². The highest BCUT2D eigenvalue weighted by Gasteiger charge is 2.14. The number of methoxy groups -OCH3 is 1. The molecule has 0 aliphatic carbocycles. The lowest BCUT2D eigenvalue weighted by Gasteiger charge is -2.13. The van der Waals surface area contributed by atoms with Gasteiger partial charge in [-0.05, 0) is 68.4 Å². The predicted octanol–water partition coefficient (Wildman–Crippen LogP) is 4.58. The molecule has 0 saturated heterocycles. The van der Waals surface area contributed by atoms with Gasteiger partial charge in [0.15, 0.2) is 5.76 Å². The molecular weight excluding hydrogens is 372 g/mol. The summed E-state index contributed by atoms with van der Waals surface area (Å²) in [6.07, 6.45) is 1.48. The van der Waals surface area contributed by atoms with Crippen LogP contribution < -0.4 is 20.1 Å². The molecule has 0 radical (unpaired) electrons. The fourth-order valence-corrected chi connectivity index (χ4v) is 2.64. The van der Waals surface area contributed by atoms with Crippen LogP contribution in [0.3, 0.4) is 0 Å². The van der Waals surface area contributed by atoms with Crippen LogP contribution in [0.4, 0.5) is 11.4 Å². The summed E-state index contributed by atoms with van der Waals surface area (Å²) in [5.41, 5.74) is 1.38. The van der Waals surface area contributed by atoms with Gasteiger partial charge in [0.1, 0.15) is 11.5 Å². The van der Waals surface area contributed by atoms with Gasteiger partial charge in [-0.25, -0.2) is 0 Å². The van der Waals surface area contributed by atoms with E-state index in [1.54, 1.807) is 54.6 Å². The molecule has 2 amide bonds. The minimum absolute atomic E-state index is 0.0538. The lowest BCUT2D eigenvalue weighted by Crippen LogP contribution is -2.14. The molecular formula is C22H22N2O5. The fourth-order valence-electron chi connectivity index (χ4n) is 2.64. The van der Waals surface area contributed by atoms with Gasteiger partial charge < -0.3 is 24.5 Å². The first kappa shape index (κ1) is 20.0. The van der Waals surface area contributed by atoms with Gasteiger partial charge >= 0.3 is 0 Å². The van der Waals surface area contributed by atoms with E-state index in [2.05, 4.69) is 10.6 Å². The summed E-state index contributed by atoms with van der Waals surface area (Å²) in [6, 6.07) is 15.0. The minimum Gasteiger partial charge on any atom is -0.495 e. The largest absolute Gasteiger partial charge is 0.495 e. The molecule has 3 rings (SSSR count). The third-order valence-corrected chi connectivity index (χ3v) is 3.94. The predicted molar refractivity (Wildman–Crippen MR) is 110 cm³/mol. The van der Waals surface area contributed by atoms with E-state index in [0.29, 0.717) is 28.4 Å². The van der Waals surface area contributed by atoms with Gasteiger partial charge in [-0.15, -0.1) is 0 Å². The zero-order valence-corrected chi connectivity index (χ0v) is 16.4. The maximum Gasteiger partial charge on any atom is 0.291 e. The lowest BCUT2D eigenvalue weighted by atomic mass is 10.2. The van der Waals surface area contributed by atoms with Crippen LogP contribution in [0, 0.1) is 0 Å². The molecule has 0 atom stereocenters. The Bertz CT molecular complexity index is 979. The van der Waals surface area contributed by atoms with Crippen LogP contribution in [0.25, 0.3) is 0 Å². The molecule has 150 valence electrons. The fraction of sp³-hybridized carbons (Fsp3) is 0.182. The maximum atomic E-state index is 12.6. The second kappa shape index (κ2) is 8.97. The molecule has 2 aromatic carbocycles. The van der Waals surface area contributed by atoms with E-state index in [1.807, 2.05) is 13.8 Å². The van der Waals surface area contributed by atoms with Crippen LogP contribution in [0.2, 0.25) is 0 Å². The summed E-state index contributed by atoms with van der Waals surface area (Å²) >= 11 is 0. The van der Waals surface area contributed by atoms with E-state index >= 15 is 0 Å². The van der Waals surface area contributed by atoms with Crippen molar-refractivity contribution in [3.8, 4) is 11.5 Å². The highest BCUT2D eigenvalue weighted by atomic mass is 16.5. The first-order valence-electron chi connectivity index (χ1n) is 9.07. The van der Waals surface area contributed by atoms with Crippen LogP contribution in [0.5, 0.6) is 11.5 Å². The third kappa shape index (κ3) is 5.16. The number of anilines is 2. The van der Waals surface area contributed by atoms with Crippen LogP contribution in [0.1, 0.15) is 34.8 Å². The van der Waals surface area contributed by atoms with Gasteiger partial charge in [-0.1, -0.05) is 0 Å². The van der Waals surface area contributed by atoms with Crippen LogP contribution in [-0.2, 0) is 0 Å². The van der Waals surface area contributed by atoms with Gasteiger partial charge in [0.2, 0.25) is 0 Å². The van der Waals surface area contributed by atoms with Crippen molar-refractivity contribution < 1.29 is 23.5 Å². The smallest absolute Gasteiger partial charge is 0.291 e. The van der Waals surface area contributed by atoms with Crippen LogP contribution in [-0.4, -0.2) is 25.0 Å². The second-order valence-electron chi connectivity index (χ2n) is 6.49. The number of hydrogen-bond donors (Lipinski definition) is 2. The molecule has 1 aromatic heterocycles. The maximum absolute atomic E-state index is 12.6. The molecule has 29 heavy (non-hydrogen) atoms. The van der Waals surface area contributed by atoms with E-state index in [-0.39, 0.29) is 17.8 Å². The molecule has 7 nitrogen and oxygen atoms in total. The summed E-state index contributed by atoms with van der Waals surface area (Å²) < 4.78 is 16.0. The molecule has 0 unspecified atom stereocenters. The second-order valence-corrected chi connectivity index (χ2v) is 6.49. The number of amides is 2.